The second-order valence-electron chi connectivity index (χ2n) is 4.93. The summed E-state index contributed by atoms with van der Waals surface area (Å²) in [5.74, 6) is -3.05. The molecule has 114 valence electrons. The molecule has 1 aliphatic heterocycles. The molecule has 21 heavy (non-hydrogen) atoms. The molecule has 0 spiro atoms. The molecule has 0 bridgehead atoms. The topological polar surface area (TPSA) is 101 Å². The highest BCUT2D eigenvalue weighted by Gasteiger charge is 2.27. The van der Waals surface area contributed by atoms with E-state index in [0.717, 1.165) is 18.2 Å². The lowest BCUT2D eigenvalue weighted by atomic mass is 10.1. The number of rotatable bonds is 3. The number of aromatic carboxylic acids is 1. The van der Waals surface area contributed by atoms with Gasteiger partial charge in [0.05, 0.1) is 22.6 Å². The monoisotopic (exact) mass is 315 g/mol. The number of carbonyl (C=O) groups is 2. The van der Waals surface area contributed by atoms with Gasteiger partial charge in [0.1, 0.15) is 5.82 Å². The van der Waals surface area contributed by atoms with Crippen molar-refractivity contribution in [3.63, 3.8) is 0 Å². The van der Waals surface area contributed by atoms with Gasteiger partial charge in [0.25, 0.3) is 5.91 Å². The Kier molecular flexibility index (Phi) is 4.26. The Morgan fingerprint density at radius 3 is 2.62 bits per heavy atom. The first-order valence-electron chi connectivity index (χ1n) is 6.32. The predicted octanol–water partition coefficient (Wildman–Crippen LogP) is 0.831. The van der Waals surface area contributed by atoms with E-state index in [0.29, 0.717) is 12.8 Å². The van der Waals surface area contributed by atoms with E-state index in [4.69, 9.17) is 5.11 Å². The van der Waals surface area contributed by atoms with Crippen molar-refractivity contribution in [1.82, 2.24) is 5.32 Å². The van der Waals surface area contributed by atoms with Gasteiger partial charge in [-0.3, -0.25) is 4.79 Å². The number of halogens is 1. The summed E-state index contributed by atoms with van der Waals surface area (Å²) in [7, 11) is -3.17. The first-order valence-corrected chi connectivity index (χ1v) is 8.15. The van der Waals surface area contributed by atoms with Crippen LogP contribution in [0, 0.1) is 5.82 Å². The van der Waals surface area contributed by atoms with E-state index in [1.165, 1.54) is 0 Å². The average Bonchev–Trinajstić information content (AvgIpc) is 2.36. The van der Waals surface area contributed by atoms with Crippen LogP contribution in [-0.2, 0) is 9.84 Å². The number of hydrogen-bond acceptors (Lipinski definition) is 4. The van der Waals surface area contributed by atoms with Crippen molar-refractivity contribution in [2.45, 2.75) is 18.9 Å². The maximum atomic E-state index is 13.7. The van der Waals surface area contributed by atoms with Crippen LogP contribution in [0.4, 0.5) is 4.39 Å². The Morgan fingerprint density at radius 1 is 1.33 bits per heavy atom. The fraction of sp³-hybridized carbons (Fsp3) is 0.385. The average molecular weight is 315 g/mol. The molecule has 1 atom stereocenters. The van der Waals surface area contributed by atoms with E-state index in [-0.39, 0.29) is 22.6 Å². The summed E-state index contributed by atoms with van der Waals surface area (Å²) in [6.07, 6.45) is 0.966. The van der Waals surface area contributed by atoms with Gasteiger partial charge in [0.2, 0.25) is 0 Å². The molecule has 0 saturated carbocycles. The molecule has 6 nitrogen and oxygen atoms in total. The van der Waals surface area contributed by atoms with E-state index in [1.54, 1.807) is 0 Å². The SMILES string of the molecule is O=C(O)c1ccc(C(=O)NC2CCCS(=O)(=O)C2)c(F)c1. The number of hydrogen-bond donors (Lipinski definition) is 2. The molecule has 1 saturated heterocycles. The van der Waals surface area contributed by atoms with Crippen LogP contribution in [0.3, 0.4) is 0 Å². The first kappa shape index (κ1) is 15.4. The zero-order valence-electron chi connectivity index (χ0n) is 11.0. The lowest BCUT2D eigenvalue weighted by Crippen LogP contribution is -2.43. The summed E-state index contributed by atoms with van der Waals surface area (Å²) in [5.41, 5.74) is -0.563. The number of carboxylic acid groups (broad SMARTS) is 1. The van der Waals surface area contributed by atoms with E-state index in [2.05, 4.69) is 5.32 Å². The Labute approximate surface area is 120 Å². The van der Waals surface area contributed by atoms with Crippen LogP contribution in [0.5, 0.6) is 0 Å². The fourth-order valence-corrected chi connectivity index (χ4v) is 3.87. The molecular formula is C13H14FNO5S. The van der Waals surface area contributed by atoms with Crippen molar-refractivity contribution in [1.29, 1.82) is 0 Å². The quantitative estimate of drug-likeness (QED) is 0.860. The van der Waals surface area contributed by atoms with Gasteiger partial charge in [-0.1, -0.05) is 0 Å². The Morgan fingerprint density at radius 2 is 2.05 bits per heavy atom. The van der Waals surface area contributed by atoms with E-state index < -0.39 is 33.6 Å². The van der Waals surface area contributed by atoms with Gasteiger partial charge >= 0.3 is 5.97 Å². The highest BCUT2D eigenvalue weighted by Crippen LogP contribution is 2.15. The maximum Gasteiger partial charge on any atom is 0.335 e. The summed E-state index contributed by atoms with van der Waals surface area (Å²) in [6, 6.07) is 2.41. The van der Waals surface area contributed by atoms with Crippen molar-refractivity contribution < 1.29 is 27.5 Å². The van der Waals surface area contributed by atoms with Gasteiger partial charge in [-0.2, -0.15) is 0 Å². The van der Waals surface area contributed by atoms with Gasteiger partial charge in [0.15, 0.2) is 9.84 Å². The molecular weight excluding hydrogens is 301 g/mol. The summed E-state index contributed by atoms with van der Waals surface area (Å²) in [6.45, 7) is 0. The largest absolute Gasteiger partial charge is 0.478 e. The molecule has 1 unspecified atom stereocenters. The molecule has 1 amide bonds. The lowest BCUT2D eigenvalue weighted by molar-refractivity contribution is 0.0695. The molecule has 2 rings (SSSR count). The van der Waals surface area contributed by atoms with Crippen LogP contribution in [0.2, 0.25) is 0 Å². The van der Waals surface area contributed by atoms with Crippen molar-refractivity contribution >= 4 is 21.7 Å². The van der Waals surface area contributed by atoms with Gasteiger partial charge < -0.3 is 10.4 Å². The molecule has 0 radical (unpaired) electrons. The highest BCUT2D eigenvalue weighted by atomic mass is 32.2. The van der Waals surface area contributed by atoms with Gasteiger partial charge in [-0.05, 0) is 31.0 Å². The highest BCUT2D eigenvalue weighted by molar-refractivity contribution is 7.91. The number of benzene rings is 1. The van der Waals surface area contributed by atoms with Gasteiger partial charge in [0, 0.05) is 6.04 Å². The summed E-state index contributed by atoms with van der Waals surface area (Å²) < 4.78 is 36.7. The number of amides is 1. The van der Waals surface area contributed by atoms with Crippen molar-refractivity contribution in [2.24, 2.45) is 0 Å². The molecule has 1 fully saturated rings. The molecule has 0 aromatic heterocycles. The van der Waals surface area contributed by atoms with E-state index in [1.807, 2.05) is 0 Å². The zero-order chi connectivity index (χ0) is 15.6. The van der Waals surface area contributed by atoms with Crippen LogP contribution in [-0.4, -0.2) is 42.9 Å². The van der Waals surface area contributed by atoms with Crippen LogP contribution in [0.1, 0.15) is 33.6 Å². The molecule has 2 N–H and O–H groups in total. The Hall–Kier alpha value is -1.96. The van der Waals surface area contributed by atoms with E-state index in [9.17, 15) is 22.4 Å². The molecule has 1 aromatic rings. The second kappa shape index (κ2) is 5.80. The number of sulfone groups is 1. The minimum atomic E-state index is -3.17. The van der Waals surface area contributed by atoms with Crippen LogP contribution >= 0.6 is 0 Å². The normalized spacial score (nSPS) is 20.7. The number of nitrogens with one attached hydrogen (secondary N) is 1. The summed E-state index contributed by atoms with van der Waals surface area (Å²) in [5, 5.41) is 11.2. The van der Waals surface area contributed by atoms with Crippen LogP contribution in [0.15, 0.2) is 18.2 Å². The minimum absolute atomic E-state index is 0.0983. The van der Waals surface area contributed by atoms with Gasteiger partial charge in [-0.15, -0.1) is 0 Å². The fourth-order valence-electron chi connectivity index (χ4n) is 2.23. The standard InChI is InChI=1S/C13H14FNO5S/c14-11-6-8(13(17)18)3-4-10(11)12(16)15-9-2-1-5-21(19,20)7-9/h3-4,6,9H,1-2,5,7H2,(H,15,16)(H,17,18). The molecule has 8 heteroatoms. The second-order valence-corrected chi connectivity index (χ2v) is 7.16. The van der Waals surface area contributed by atoms with Crippen molar-refractivity contribution in [3.05, 3.63) is 35.1 Å². The smallest absolute Gasteiger partial charge is 0.335 e. The lowest BCUT2D eigenvalue weighted by Gasteiger charge is -2.23. The van der Waals surface area contributed by atoms with Crippen molar-refractivity contribution in [3.8, 4) is 0 Å². The molecule has 1 heterocycles. The number of carboxylic acids is 1. The van der Waals surface area contributed by atoms with Crippen LogP contribution < -0.4 is 5.32 Å². The third-order valence-electron chi connectivity index (χ3n) is 3.26. The zero-order valence-corrected chi connectivity index (χ0v) is 11.8. The van der Waals surface area contributed by atoms with Crippen molar-refractivity contribution in [2.75, 3.05) is 11.5 Å². The maximum absolute atomic E-state index is 13.7. The van der Waals surface area contributed by atoms with Crippen LogP contribution in [0.25, 0.3) is 0 Å². The Bertz CT molecular complexity index is 686. The summed E-state index contributed by atoms with van der Waals surface area (Å²) >= 11 is 0. The van der Waals surface area contributed by atoms with E-state index >= 15 is 0 Å². The minimum Gasteiger partial charge on any atom is -0.478 e. The molecule has 0 aliphatic carbocycles. The number of carbonyl (C=O) groups excluding carboxylic acids is 1. The third-order valence-corrected chi connectivity index (χ3v) is 5.08. The summed E-state index contributed by atoms with van der Waals surface area (Å²) in [4.78, 5) is 22.6. The van der Waals surface area contributed by atoms with Gasteiger partial charge in [-0.25, -0.2) is 17.6 Å². The third kappa shape index (κ3) is 3.78. The molecule has 1 aromatic carbocycles. The molecule has 1 aliphatic rings. The Balaban J connectivity index is 2.12. The predicted molar refractivity (Wildman–Crippen MR) is 72.5 cm³/mol. The first-order chi connectivity index (χ1) is 9.78.